The molecule has 0 amide bonds. The molecule has 1 rings (SSSR count). The van der Waals surface area contributed by atoms with Crippen LogP contribution in [0, 0.1) is 22.0 Å². The normalized spacial score (nSPS) is 9.12. The molecule has 0 atom stereocenters. The average molecular weight is 238 g/mol. The summed E-state index contributed by atoms with van der Waals surface area (Å²) in [7, 11) is 1.42. The van der Waals surface area contributed by atoms with Gasteiger partial charge in [0, 0.05) is 0 Å². The molecule has 0 spiro atoms. The van der Waals surface area contributed by atoms with Gasteiger partial charge in [0.25, 0.3) is 5.69 Å². The molecular formula is C10H10N2O3S. The predicted molar refractivity (Wildman–Crippen MR) is 64.8 cm³/mol. The van der Waals surface area contributed by atoms with E-state index in [1.54, 1.807) is 6.07 Å². The summed E-state index contributed by atoms with van der Waals surface area (Å²) in [5.41, 5.74) is 5.84. The van der Waals surface area contributed by atoms with Gasteiger partial charge < -0.3 is 10.5 Å². The van der Waals surface area contributed by atoms with Crippen molar-refractivity contribution < 1.29 is 9.66 Å². The first-order chi connectivity index (χ1) is 7.60. The van der Waals surface area contributed by atoms with Gasteiger partial charge in [-0.1, -0.05) is 11.8 Å². The number of ether oxygens (including phenoxy) is 1. The van der Waals surface area contributed by atoms with Gasteiger partial charge in [-0.2, -0.15) is 12.6 Å². The summed E-state index contributed by atoms with van der Waals surface area (Å²) in [5, 5.41) is 10.7. The van der Waals surface area contributed by atoms with Crippen molar-refractivity contribution in [2.75, 3.05) is 18.6 Å². The monoisotopic (exact) mass is 238 g/mol. The Morgan fingerprint density at radius 3 is 2.81 bits per heavy atom. The maximum atomic E-state index is 10.7. The molecule has 0 fully saturated rings. The summed E-state index contributed by atoms with van der Waals surface area (Å²) in [6, 6.07) is 2.82. The zero-order chi connectivity index (χ0) is 12.1. The molecule has 5 nitrogen and oxygen atoms in total. The molecule has 84 valence electrons. The fourth-order valence-electron chi connectivity index (χ4n) is 1.12. The third-order valence-corrected chi connectivity index (χ3v) is 2.02. The van der Waals surface area contributed by atoms with Crippen LogP contribution in [0.15, 0.2) is 12.1 Å². The molecule has 0 bridgehead atoms. The van der Waals surface area contributed by atoms with E-state index in [2.05, 4.69) is 24.5 Å². The number of hydrogen-bond acceptors (Lipinski definition) is 5. The minimum atomic E-state index is -0.566. The summed E-state index contributed by atoms with van der Waals surface area (Å²) in [6.07, 6.45) is 0. The van der Waals surface area contributed by atoms with Gasteiger partial charge in [-0.15, -0.1) is 0 Å². The summed E-state index contributed by atoms with van der Waals surface area (Å²) in [6.45, 7) is 0. The van der Waals surface area contributed by atoms with Gasteiger partial charge >= 0.3 is 0 Å². The molecule has 0 radical (unpaired) electrons. The third kappa shape index (κ3) is 2.58. The maximum Gasteiger partial charge on any atom is 0.297 e. The van der Waals surface area contributed by atoms with E-state index < -0.39 is 4.92 Å². The standard InChI is InChI=1S/C10H10N2O3S/c1-15-8-5-7(3-2-4-16)10(11)9(6-8)12(13)14/h5-6,16H,4,11H2,1H3. The van der Waals surface area contributed by atoms with Crippen LogP contribution >= 0.6 is 12.6 Å². The van der Waals surface area contributed by atoms with Gasteiger partial charge in [0.05, 0.1) is 29.4 Å². The van der Waals surface area contributed by atoms with Crippen molar-refractivity contribution in [2.45, 2.75) is 0 Å². The Labute approximate surface area is 98.2 Å². The zero-order valence-electron chi connectivity index (χ0n) is 8.56. The van der Waals surface area contributed by atoms with Crippen molar-refractivity contribution in [2.24, 2.45) is 0 Å². The molecular weight excluding hydrogens is 228 g/mol. The summed E-state index contributed by atoms with van der Waals surface area (Å²) >= 11 is 3.92. The van der Waals surface area contributed by atoms with Crippen LogP contribution in [-0.2, 0) is 0 Å². The van der Waals surface area contributed by atoms with Gasteiger partial charge in [-0.05, 0) is 6.07 Å². The number of thiol groups is 1. The number of rotatable bonds is 2. The molecule has 0 aromatic heterocycles. The average Bonchev–Trinajstić information content (AvgIpc) is 2.27. The number of nitrogen functional groups attached to an aromatic ring is 1. The largest absolute Gasteiger partial charge is 0.496 e. The SMILES string of the molecule is COc1cc(C#CCS)c(N)c([N+](=O)[O-])c1. The number of hydrogen-bond donors (Lipinski definition) is 2. The van der Waals surface area contributed by atoms with Gasteiger partial charge in [0.1, 0.15) is 11.4 Å². The number of nitro benzene ring substituents is 1. The van der Waals surface area contributed by atoms with Crippen molar-refractivity contribution in [3.63, 3.8) is 0 Å². The number of anilines is 1. The van der Waals surface area contributed by atoms with E-state index in [4.69, 9.17) is 10.5 Å². The molecule has 0 aliphatic carbocycles. The Morgan fingerprint density at radius 2 is 2.31 bits per heavy atom. The first-order valence-corrected chi connectivity index (χ1v) is 4.95. The van der Waals surface area contributed by atoms with E-state index >= 15 is 0 Å². The van der Waals surface area contributed by atoms with Crippen LogP contribution in [0.25, 0.3) is 0 Å². The van der Waals surface area contributed by atoms with Gasteiger partial charge in [0.2, 0.25) is 0 Å². The smallest absolute Gasteiger partial charge is 0.297 e. The molecule has 6 heteroatoms. The van der Waals surface area contributed by atoms with Crippen LogP contribution < -0.4 is 10.5 Å². The topological polar surface area (TPSA) is 78.4 Å². The lowest BCUT2D eigenvalue weighted by Gasteiger charge is -2.04. The summed E-state index contributed by atoms with van der Waals surface area (Å²) < 4.78 is 4.93. The van der Waals surface area contributed by atoms with E-state index in [1.807, 2.05) is 0 Å². The summed E-state index contributed by atoms with van der Waals surface area (Å²) in [4.78, 5) is 10.2. The molecule has 0 saturated carbocycles. The minimum Gasteiger partial charge on any atom is -0.496 e. The second-order valence-corrected chi connectivity index (χ2v) is 3.14. The fraction of sp³-hybridized carbons (Fsp3) is 0.200. The molecule has 1 aromatic carbocycles. The van der Waals surface area contributed by atoms with Crippen LogP contribution in [0.4, 0.5) is 11.4 Å². The van der Waals surface area contributed by atoms with E-state index in [-0.39, 0.29) is 11.4 Å². The molecule has 0 unspecified atom stereocenters. The highest BCUT2D eigenvalue weighted by Crippen LogP contribution is 2.30. The Morgan fingerprint density at radius 1 is 1.62 bits per heavy atom. The number of benzene rings is 1. The number of nitrogens with two attached hydrogens (primary N) is 1. The lowest BCUT2D eigenvalue weighted by atomic mass is 10.1. The van der Waals surface area contributed by atoms with Gasteiger partial charge in [0.15, 0.2) is 0 Å². The van der Waals surface area contributed by atoms with Crippen molar-refractivity contribution in [1.82, 2.24) is 0 Å². The van der Waals surface area contributed by atoms with Crippen LogP contribution in [0.3, 0.4) is 0 Å². The quantitative estimate of drug-likeness (QED) is 0.269. The van der Waals surface area contributed by atoms with Crippen molar-refractivity contribution in [1.29, 1.82) is 0 Å². The Balaban J connectivity index is 3.37. The van der Waals surface area contributed by atoms with Gasteiger partial charge in [-0.25, -0.2) is 0 Å². The first-order valence-electron chi connectivity index (χ1n) is 4.31. The van der Waals surface area contributed by atoms with E-state index in [9.17, 15) is 10.1 Å². The molecule has 0 heterocycles. The lowest BCUT2D eigenvalue weighted by Crippen LogP contribution is -1.99. The predicted octanol–water partition coefficient (Wildman–Crippen LogP) is 1.47. The highest BCUT2D eigenvalue weighted by atomic mass is 32.1. The van der Waals surface area contributed by atoms with Crippen LogP contribution in [0.1, 0.15) is 5.56 Å². The molecule has 1 aromatic rings. The van der Waals surface area contributed by atoms with Crippen molar-refractivity contribution in [3.8, 4) is 17.6 Å². The molecule has 0 saturated heterocycles. The highest BCUT2D eigenvalue weighted by molar-refractivity contribution is 7.80. The highest BCUT2D eigenvalue weighted by Gasteiger charge is 2.16. The summed E-state index contributed by atoms with van der Waals surface area (Å²) in [5.74, 6) is 6.08. The second kappa shape index (κ2) is 5.28. The Hall–Kier alpha value is -1.87. The fourth-order valence-corrected chi connectivity index (χ4v) is 1.20. The number of nitro groups is 1. The lowest BCUT2D eigenvalue weighted by molar-refractivity contribution is -0.384. The number of methoxy groups -OCH3 is 1. The number of nitrogens with zero attached hydrogens (tertiary/aromatic N) is 1. The van der Waals surface area contributed by atoms with Crippen molar-refractivity contribution >= 4 is 24.0 Å². The Bertz CT molecular complexity index is 477. The maximum absolute atomic E-state index is 10.7. The zero-order valence-corrected chi connectivity index (χ0v) is 9.45. The Kier molecular flexibility index (Phi) is 4.03. The first kappa shape index (κ1) is 12.2. The van der Waals surface area contributed by atoms with E-state index in [1.165, 1.54) is 13.2 Å². The van der Waals surface area contributed by atoms with Crippen molar-refractivity contribution in [3.05, 3.63) is 27.8 Å². The van der Waals surface area contributed by atoms with Crippen LogP contribution in [0.2, 0.25) is 0 Å². The molecule has 16 heavy (non-hydrogen) atoms. The molecule has 2 N–H and O–H groups in total. The molecule has 0 aliphatic heterocycles. The van der Waals surface area contributed by atoms with E-state index in [0.717, 1.165) is 0 Å². The molecule has 0 aliphatic rings. The van der Waals surface area contributed by atoms with Crippen LogP contribution in [-0.4, -0.2) is 17.8 Å². The van der Waals surface area contributed by atoms with Gasteiger partial charge in [-0.3, -0.25) is 10.1 Å². The third-order valence-electron chi connectivity index (χ3n) is 1.87. The van der Waals surface area contributed by atoms with Crippen LogP contribution in [0.5, 0.6) is 5.75 Å². The minimum absolute atomic E-state index is 0.0417. The second-order valence-electron chi connectivity index (χ2n) is 2.82. The van der Waals surface area contributed by atoms with E-state index in [0.29, 0.717) is 17.1 Å².